The van der Waals surface area contributed by atoms with Gasteiger partial charge in [-0.25, -0.2) is 4.98 Å². The van der Waals surface area contributed by atoms with E-state index in [0.29, 0.717) is 17.0 Å². The maximum absolute atomic E-state index is 8.77. The van der Waals surface area contributed by atoms with E-state index >= 15 is 0 Å². The minimum atomic E-state index is 0.495. The van der Waals surface area contributed by atoms with Crippen LogP contribution in [0.5, 0.6) is 0 Å². The molecule has 0 spiro atoms. The Balaban J connectivity index is 2.03. The third kappa shape index (κ3) is 2.81. The molecule has 1 aliphatic rings. The summed E-state index contributed by atoms with van der Waals surface area (Å²) in [5.41, 5.74) is 1.12. The monoisotopic (exact) mass is 243 g/mol. The normalized spacial score (nSPS) is 19.2. The minimum Gasteiger partial charge on any atom is -0.357 e. The van der Waals surface area contributed by atoms with Gasteiger partial charge in [-0.2, -0.15) is 5.26 Å². The van der Waals surface area contributed by atoms with E-state index in [2.05, 4.69) is 36.8 Å². The number of hydrogen-bond acceptors (Lipinski definition) is 3. The SMILES string of the molecule is CN(c1ccc(C#N)cn1)C1CCC(C)(C)CC1. The van der Waals surface area contributed by atoms with E-state index in [4.69, 9.17) is 5.26 Å². The lowest BCUT2D eigenvalue weighted by atomic mass is 9.75. The molecule has 0 aliphatic heterocycles. The fourth-order valence-electron chi connectivity index (χ4n) is 2.62. The van der Waals surface area contributed by atoms with Crippen LogP contribution in [0.2, 0.25) is 0 Å². The van der Waals surface area contributed by atoms with Crippen molar-refractivity contribution in [1.82, 2.24) is 4.98 Å². The molecule has 3 heteroatoms. The van der Waals surface area contributed by atoms with E-state index in [1.807, 2.05) is 12.1 Å². The first-order valence-corrected chi connectivity index (χ1v) is 6.61. The second-order valence-electron chi connectivity index (χ2n) is 6.02. The molecule has 0 bridgehead atoms. The molecule has 3 nitrogen and oxygen atoms in total. The predicted octanol–water partition coefficient (Wildman–Crippen LogP) is 3.36. The van der Waals surface area contributed by atoms with Gasteiger partial charge in [-0.1, -0.05) is 13.8 Å². The van der Waals surface area contributed by atoms with E-state index in [0.717, 1.165) is 5.82 Å². The van der Waals surface area contributed by atoms with Gasteiger partial charge in [0.05, 0.1) is 5.56 Å². The highest BCUT2D eigenvalue weighted by atomic mass is 15.2. The number of hydrogen-bond donors (Lipinski definition) is 0. The Kier molecular flexibility index (Phi) is 3.56. The highest BCUT2D eigenvalue weighted by Crippen LogP contribution is 2.37. The van der Waals surface area contributed by atoms with Crippen molar-refractivity contribution in [3.8, 4) is 6.07 Å². The van der Waals surface area contributed by atoms with Crippen molar-refractivity contribution in [1.29, 1.82) is 5.26 Å². The van der Waals surface area contributed by atoms with Crippen LogP contribution in [0.1, 0.15) is 45.1 Å². The first-order chi connectivity index (χ1) is 8.52. The summed E-state index contributed by atoms with van der Waals surface area (Å²) >= 11 is 0. The fourth-order valence-corrected chi connectivity index (χ4v) is 2.62. The van der Waals surface area contributed by atoms with Crippen molar-refractivity contribution in [2.24, 2.45) is 5.41 Å². The maximum Gasteiger partial charge on any atom is 0.128 e. The van der Waals surface area contributed by atoms with Crippen LogP contribution in [0.15, 0.2) is 18.3 Å². The summed E-state index contributed by atoms with van der Waals surface area (Å²) in [4.78, 5) is 6.62. The van der Waals surface area contributed by atoms with Gasteiger partial charge in [0.15, 0.2) is 0 Å². The molecule has 1 aromatic rings. The van der Waals surface area contributed by atoms with Crippen LogP contribution in [0, 0.1) is 16.7 Å². The summed E-state index contributed by atoms with van der Waals surface area (Å²) in [6.07, 6.45) is 6.66. The number of anilines is 1. The molecule has 0 amide bonds. The summed E-state index contributed by atoms with van der Waals surface area (Å²) in [5, 5.41) is 8.77. The molecule has 1 fully saturated rings. The van der Waals surface area contributed by atoms with E-state index in [1.54, 1.807) is 6.20 Å². The maximum atomic E-state index is 8.77. The molecule has 1 aliphatic carbocycles. The van der Waals surface area contributed by atoms with Gasteiger partial charge in [-0.3, -0.25) is 0 Å². The summed E-state index contributed by atoms with van der Waals surface area (Å²) in [6, 6.07) is 6.47. The minimum absolute atomic E-state index is 0.495. The smallest absolute Gasteiger partial charge is 0.128 e. The average molecular weight is 243 g/mol. The van der Waals surface area contributed by atoms with Crippen molar-refractivity contribution in [3.63, 3.8) is 0 Å². The second-order valence-corrected chi connectivity index (χ2v) is 6.02. The molecule has 0 unspecified atom stereocenters. The fraction of sp³-hybridized carbons (Fsp3) is 0.600. The number of nitriles is 1. The Morgan fingerprint density at radius 3 is 2.50 bits per heavy atom. The van der Waals surface area contributed by atoms with Gasteiger partial charge < -0.3 is 4.90 Å². The zero-order chi connectivity index (χ0) is 13.2. The van der Waals surface area contributed by atoms with Gasteiger partial charge in [0, 0.05) is 19.3 Å². The Hall–Kier alpha value is -1.56. The highest BCUT2D eigenvalue weighted by Gasteiger charge is 2.29. The molecule has 1 saturated carbocycles. The summed E-state index contributed by atoms with van der Waals surface area (Å²) in [7, 11) is 2.11. The van der Waals surface area contributed by atoms with Crippen LogP contribution >= 0.6 is 0 Å². The summed E-state index contributed by atoms with van der Waals surface area (Å²) < 4.78 is 0. The lowest BCUT2D eigenvalue weighted by Crippen LogP contribution is -2.37. The Bertz CT molecular complexity index is 432. The van der Waals surface area contributed by atoms with Gasteiger partial charge in [0.2, 0.25) is 0 Å². The summed E-state index contributed by atoms with van der Waals surface area (Å²) in [6.45, 7) is 4.70. The molecule has 0 saturated heterocycles. The van der Waals surface area contributed by atoms with Crippen molar-refractivity contribution >= 4 is 5.82 Å². The molecule has 0 N–H and O–H groups in total. The zero-order valence-corrected chi connectivity index (χ0v) is 11.5. The van der Waals surface area contributed by atoms with Crippen LogP contribution in [0.4, 0.5) is 5.82 Å². The van der Waals surface area contributed by atoms with Crippen LogP contribution in [0.25, 0.3) is 0 Å². The van der Waals surface area contributed by atoms with E-state index in [1.165, 1.54) is 25.7 Å². The van der Waals surface area contributed by atoms with Gasteiger partial charge in [-0.15, -0.1) is 0 Å². The molecule has 1 aromatic heterocycles. The number of aromatic nitrogens is 1. The summed E-state index contributed by atoms with van der Waals surface area (Å²) in [5.74, 6) is 0.971. The zero-order valence-electron chi connectivity index (χ0n) is 11.5. The van der Waals surface area contributed by atoms with Gasteiger partial charge in [-0.05, 0) is 43.2 Å². The molecular weight excluding hydrogens is 222 g/mol. The predicted molar refractivity (Wildman–Crippen MR) is 73.4 cm³/mol. The average Bonchev–Trinajstić information content (AvgIpc) is 2.38. The topological polar surface area (TPSA) is 39.9 Å². The third-order valence-electron chi connectivity index (χ3n) is 4.09. The molecule has 2 rings (SSSR count). The van der Waals surface area contributed by atoms with Crippen LogP contribution in [-0.2, 0) is 0 Å². The van der Waals surface area contributed by atoms with Crippen molar-refractivity contribution in [3.05, 3.63) is 23.9 Å². The first kappa shape index (κ1) is 12.9. The van der Waals surface area contributed by atoms with Crippen LogP contribution < -0.4 is 4.90 Å². The van der Waals surface area contributed by atoms with Gasteiger partial charge in [0.1, 0.15) is 11.9 Å². The molecule has 0 atom stereocenters. The van der Waals surface area contributed by atoms with Crippen molar-refractivity contribution < 1.29 is 0 Å². The Morgan fingerprint density at radius 1 is 1.33 bits per heavy atom. The lowest BCUT2D eigenvalue weighted by molar-refractivity contribution is 0.222. The number of rotatable bonds is 2. The second kappa shape index (κ2) is 4.97. The third-order valence-corrected chi connectivity index (χ3v) is 4.09. The Labute approximate surface area is 109 Å². The molecule has 1 heterocycles. The molecule has 18 heavy (non-hydrogen) atoms. The largest absolute Gasteiger partial charge is 0.357 e. The molecule has 96 valence electrons. The standard InChI is InChI=1S/C15H21N3/c1-15(2)8-6-13(7-9-15)18(3)14-5-4-12(10-16)11-17-14/h4-5,11,13H,6-9H2,1-3H3. The van der Waals surface area contributed by atoms with Gasteiger partial charge in [0.25, 0.3) is 0 Å². The van der Waals surface area contributed by atoms with E-state index in [9.17, 15) is 0 Å². The van der Waals surface area contributed by atoms with Crippen LogP contribution in [0.3, 0.4) is 0 Å². The molecule has 0 radical (unpaired) electrons. The van der Waals surface area contributed by atoms with Gasteiger partial charge >= 0.3 is 0 Å². The van der Waals surface area contributed by atoms with E-state index < -0.39 is 0 Å². The first-order valence-electron chi connectivity index (χ1n) is 6.61. The highest BCUT2D eigenvalue weighted by molar-refractivity contribution is 5.42. The number of pyridine rings is 1. The molecular formula is C15H21N3. The quantitative estimate of drug-likeness (QED) is 0.799. The lowest BCUT2D eigenvalue weighted by Gasteiger charge is -2.39. The van der Waals surface area contributed by atoms with Crippen LogP contribution in [-0.4, -0.2) is 18.1 Å². The van der Waals surface area contributed by atoms with Crippen molar-refractivity contribution in [2.45, 2.75) is 45.6 Å². The number of nitrogens with zero attached hydrogens (tertiary/aromatic N) is 3. The molecule has 0 aromatic carbocycles. The Morgan fingerprint density at radius 2 is 2.00 bits per heavy atom. The van der Waals surface area contributed by atoms with E-state index in [-0.39, 0.29) is 0 Å². The van der Waals surface area contributed by atoms with Crippen molar-refractivity contribution in [2.75, 3.05) is 11.9 Å².